The van der Waals surface area contributed by atoms with Gasteiger partial charge in [-0.15, -0.1) is 0 Å². The number of hydrogen-bond donors (Lipinski definition) is 0. The summed E-state index contributed by atoms with van der Waals surface area (Å²) in [6.07, 6.45) is 9.92. The standard InChI is InChI=1S/C36H30N2/c1-37(36-24-11-16-29-15-8-9-23-35(29)36)31-20-12-21-33(26-25-31)38(32-18-6-3-7-19-32)34-22-10-17-30(27-34)28-13-4-2-5-14-28/h2-11,13-27H,12H2,1H3. The minimum atomic E-state index is 0.842. The number of para-hydroxylation sites is 1. The fraction of sp³-hybridized carbons (Fsp3) is 0.0556. The Balaban J connectivity index is 1.36. The van der Waals surface area contributed by atoms with Gasteiger partial charge in [-0.25, -0.2) is 0 Å². The first-order valence-corrected chi connectivity index (χ1v) is 13.1. The summed E-state index contributed by atoms with van der Waals surface area (Å²) in [5, 5.41) is 2.51. The maximum atomic E-state index is 2.34. The SMILES string of the molecule is CN(C1=CCC=C(N(c2ccccc2)c2cccc(-c3ccccc3)c2)C=C1)c1cccc2ccccc12. The van der Waals surface area contributed by atoms with E-state index in [-0.39, 0.29) is 0 Å². The summed E-state index contributed by atoms with van der Waals surface area (Å²) in [6.45, 7) is 0. The van der Waals surface area contributed by atoms with Crippen LogP contribution in [0.4, 0.5) is 17.1 Å². The molecule has 1 aliphatic rings. The Bertz CT molecular complexity index is 1640. The largest absolute Gasteiger partial charge is 0.344 e. The number of likely N-dealkylation sites (N-methyl/N-ethyl adjacent to an activating group) is 1. The molecule has 0 saturated carbocycles. The van der Waals surface area contributed by atoms with E-state index in [2.05, 4.69) is 169 Å². The molecule has 0 spiro atoms. The summed E-state index contributed by atoms with van der Waals surface area (Å²) >= 11 is 0. The minimum absolute atomic E-state index is 0.842. The van der Waals surface area contributed by atoms with Gasteiger partial charge in [0.05, 0.1) is 0 Å². The first kappa shape index (κ1) is 23.6. The molecule has 0 aromatic heterocycles. The minimum Gasteiger partial charge on any atom is -0.344 e. The van der Waals surface area contributed by atoms with Crippen LogP contribution >= 0.6 is 0 Å². The second-order valence-electron chi connectivity index (χ2n) is 9.47. The third kappa shape index (κ3) is 4.77. The highest BCUT2D eigenvalue weighted by molar-refractivity contribution is 5.95. The number of anilines is 3. The van der Waals surface area contributed by atoms with Crippen LogP contribution in [0, 0.1) is 0 Å². The van der Waals surface area contributed by atoms with Crippen molar-refractivity contribution in [1.82, 2.24) is 0 Å². The maximum absolute atomic E-state index is 2.34. The van der Waals surface area contributed by atoms with E-state index in [0.717, 1.165) is 23.5 Å². The van der Waals surface area contributed by atoms with Crippen molar-refractivity contribution in [3.05, 3.63) is 163 Å². The fourth-order valence-corrected chi connectivity index (χ4v) is 5.14. The number of hydrogen-bond acceptors (Lipinski definition) is 2. The van der Waals surface area contributed by atoms with Crippen LogP contribution in [-0.2, 0) is 0 Å². The van der Waals surface area contributed by atoms with Gasteiger partial charge in [0.25, 0.3) is 0 Å². The summed E-state index contributed by atoms with van der Waals surface area (Å²) in [5.41, 5.74) is 8.24. The molecule has 0 fully saturated rings. The van der Waals surface area contributed by atoms with Crippen LogP contribution in [0.2, 0.25) is 0 Å². The molecule has 0 N–H and O–H groups in total. The monoisotopic (exact) mass is 490 g/mol. The van der Waals surface area contributed by atoms with E-state index in [1.54, 1.807) is 0 Å². The summed E-state index contributed by atoms with van der Waals surface area (Å²) in [5.74, 6) is 0. The van der Waals surface area contributed by atoms with Crippen molar-refractivity contribution in [3.63, 3.8) is 0 Å². The van der Waals surface area contributed by atoms with Gasteiger partial charge in [0.15, 0.2) is 0 Å². The highest BCUT2D eigenvalue weighted by atomic mass is 15.1. The average Bonchev–Trinajstić information content (AvgIpc) is 3.24. The Morgan fingerprint density at radius 1 is 0.526 bits per heavy atom. The third-order valence-electron chi connectivity index (χ3n) is 7.08. The summed E-state index contributed by atoms with van der Waals surface area (Å²) in [7, 11) is 2.15. The molecule has 184 valence electrons. The Hall–Kier alpha value is -4.82. The normalized spacial score (nSPS) is 13.0. The second kappa shape index (κ2) is 10.7. The highest BCUT2D eigenvalue weighted by Crippen LogP contribution is 2.35. The first-order chi connectivity index (χ1) is 18.8. The van der Waals surface area contributed by atoms with Gasteiger partial charge < -0.3 is 9.80 Å². The van der Waals surface area contributed by atoms with Crippen LogP contribution < -0.4 is 9.80 Å². The van der Waals surface area contributed by atoms with Crippen LogP contribution in [0.15, 0.2) is 163 Å². The van der Waals surface area contributed by atoms with Crippen LogP contribution in [0.3, 0.4) is 0 Å². The number of fused-ring (bicyclic) bond motifs is 1. The van der Waals surface area contributed by atoms with Gasteiger partial charge >= 0.3 is 0 Å². The molecule has 0 radical (unpaired) electrons. The van der Waals surface area contributed by atoms with Crippen molar-refractivity contribution in [2.75, 3.05) is 16.8 Å². The van der Waals surface area contributed by atoms with Gasteiger partial charge in [-0.05, 0) is 65.4 Å². The van der Waals surface area contributed by atoms with E-state index >= 15 is 0 Å². The van der Waals surface area contributed by atoms with Crippen LogP contribution in [0.25, 0.3) is 21.9 Å². The lowest BCUT2D eigenvalue weighted by Gasteiger charge is -2.27. The van der Waals surface area contributed by atoms with Gasteiger partial charge in [0, 0.05) is 40.9 Å². The van der Waals surface area contributed by atoms with Crippen molar-refractivity contribution in [2.24, 2.45) is 0 Å². The molecule has 6 rings (SSSR count). The van der Waals surface area contributed by atoms with E-state index in [1.165, 1.54) is 33.3 Å². The molecule has 0 heterocycles. The lowest BCUT2D eigenvalue weighted by Crippen LogP contribution is -2.16. The Morgan fingerprint density at radius 3 is 1.97 bits per heavy atom. The third-order valence-corrected chi connectivity index (χ3v) is 7.08. The lowest BCUT2D eigenvalue weighted by molar-refractivity contribution is 1.13. The highest BCUT2D eigenvalue weighted by Gasteiger charge is 2.16. The molecule has 0 bridgehead atoms. The quantitative estimate of drug-likeness (QED) is 0.234. The second-order valence-corrected chi connectivity index (χ2v) is 9.47. The Kier molecular flexibility index (Phi) is 6.61. The molecule has 2 heteroatoms. The molecule has 0 amide bonds. The van der Waals surface area contributed by atoms with Crippen LogP contribution in [0.5, 0.6) is 0 Å². The molecule has 0 atom stereocenters. The Labute approximate surface area is 225 Å². The molecule has 0 aliphatic heterocycles. The first-order valence-electron chi connectivity index (χ1n) is 13.1. The van der Waals surface area contributed by atoms with Crippen molar-refractivity contribution >= 4 is 27.8 Å². The van der Waals surface area contributed by atoms with Crippen molar-refractivity contribution < 1.29 is 0 Å². The number of nitrogens with zero attached hydrogens (tertiary/aromatic N) is 2. The molecule has 1 aliphatic carbocycles. The van der Waals surface area contributed by atoms with E-state index in [9.17, 15) is 0 Å². The van der Waals surface area contributed by atoms with Gasteiger partial charge in [-0.2, -0.15) is 0 Å². The predicted octanol–water partition coefficient (Wildman–Crippen LogP) is 9.51. The summed E-state index contributed by atoms with van der Waals surface area (Å²) in [4.78, 5) is 4.64. The zero-order valence-corrected chi connectivity index (χ0v) is 21.5. The van der Waals surface area contributed by atoms with Crippen molar-refractivity contribution in [3.8, 4) is 11.1 Å². The van der Waals surface area contributed by atoms with Crippen molar-refractivity contribution in [1.29, 1.82) is 0 Å². The molecule has 0 unspecified atom stereocenters. The van der Waals surface area contributed by atoms with Gasteiger partial charge in [-0.1, -0.05) is 109 Å². The van der Waals surface area contributed by atoms with Crippen molar-refractivity contribution in [2.45, 2.75) is 6.42 Å². The molecule has 5 aromatic rings. The summed E-state index contributed by atoms with van der Waals surface area (Å²) < 4.78 is 0. The molecular formula is C36H30N2. The fourth-order valence-electron chi connectivity index (χ4n) is 5.14. The molecule has 0 saturated heterocycles. The predicted molar refractivity (Wildman–Crippen MR) is 163 cm³/mol. The van der Waals surface area contributed by atoms with E-state index in [0.29, 0.717) is 0 Å². The maximum Gasteiger partial charge on any atom is 0.0487 e. The van der Waals surface area contributed by atoms with Crippen LogP contribution in [0.1, 0.15) is 6.42 Å². The number of allylic oxidation sites excluding steroid dienone is 4. The van der Waals surface area contributed by atoms with Gasteiger partial charge in [-0.3, -0.25) is 0 Å². The zero-order chi connectivity index (χ0) is 25.7. The van der Waals surface area contributed by atoms with Gasteiger partial charge in [0.2, 0.25) is 0 Å². The van der Waals surface area contributed by atoms with E-state index < -0.39 is 0 Å². The topological polar surface area (TPSA) is 6.48 Å². The average molecular weight is 491 g/mol. The molecule has 38 heavy (non-hydrogen) atoms. The number of benzene rings is 5. The summed E-state index contributed by atoms with van der Waals surface area (Å²) in [6, 6.07) is 45.0. The van der Waals surface area contributed by atoms with Gasteiger partial charge in [0.1, 0.15) is 0 Å². The van der Waals surface area contributed by atoms with Crippen LogP contribution in [-0.4, -0.2) is 7.05 Å². The Morgan fingerprint density at radius 2 is 1.13 bits per heavy atom. The smallest absolute Gasteiger partial charge is 0.0487 e. The van der Waals surface area contributed by atoms with E-state index in [1.807, 2.05) is 0 Å². The lowest BCUT2D eigenvalue weighted by atomic mass is 10.0. The zero-order valence-electron chi connectivity index (χ0n) is 21.5. The van der Waals surface area contributed by atoms with E-state index in [4.69, 9.17) is 0 Å². The molecular weight excluding hydrogens is 460 g/mol. The number of rotatable bonds is 6. The molecule has 2 nitrogen and oxygen atoms in total. The molecule has 5 aromatic carbocycles.